The van der Waals surface area contributed by atoms with Crippen LogP contribution in [0.2, 0.25) is 0 Å². The second-order valence-corrected chi connectivity index (χ2v) is 6.58. The molecule has 2 atom stereocenters. The molecule has 1 aliphatic rings. The SMILES string of the molecule is CC1CN(Cc2cnn(Cc3ccc(C(F)(F)F)cc3)c2)CC1N.Cl. The van der Waals surface area contributed by atoms with Gasteiger partial charge in [-0.3, -0.25) is 9.58 Å². The first-order chi connectivity index (χ1) is 11.3. The maximum atomic E-state index is 12.6. The molecule has 0 saturated carbocycles. The number of halogens is 4. The molecule has 0 spiro atoms. The molecule has 8 heteroatoms. The van der Waals surface area contributed by atoms with Gasteiger partial charge in [0.15, 0.2) is 0 Å². The molecular formula is C17H22ClF3N4. The molecule has 0 radical (unpaired) electrons. The summed E-state index contributed by atoms with van der Waals surface area (Å²) in [5.74, 6) is 0.493. The summed E-state index contributed by atoms with van der Waals surface area (Å²) in [7, 11) is 0. The lowest BCUT2D eigenvalue weighted by Gasteiger charge is -2.13. The van der Waals surface area contributed by atoms with Gasteiger partial charge in [0, 0.05) is 37.4 Å². The Morgan fingerprint density at radius 3 is 2.36 bits per heavy atom. The molecule has 0 amide bonds. The standard InChI is InChI=1S/C17H21F3N4.ClH/c1-12-7-23(11-16(12)21)8-14-6-22-24(10-14)9-13-2-4-15(5-3-13)17(18,19)20;/h2-6,10,12,16H,7-9,11,21H2,1H3;1H. The van der Waals surface area contributed by atoms with Gasteiger partial charge in [-0.2, -0.15) is 18.3 Å². The van der Waals surface area contributed by atoms with Crippen LogP contribution < -0.4 is 5.73 Å². The highest BCUT2D eigenvalue weighted by Crippen LogP contribution is 2.29. The van der Waals surface area contributed by atoms with E-state index in [9.17, 15) is 13.2 Å². The molecule has 1 saturated heterocycles. The summed E-state index contributed by atoms with van der Waals surface area (Å²) in [6.45, 7) is 5.26. The normalized spacial score (nSPS) is 21.3. The maximum absolute atomic E-state index is 12.6. The van der Waals surface area contributed by atoms with Gasteiger partial charge < -0.3 is 5.73 Å². The summed E-state index contributed by atoms with van der Waals surface area (Å²) in [6.07, 6.45) is -0.560. The number of rotatable bonds is 4. The molecule has 0 bridgehead atoms. The first kappa shape index (κ1) is 19.8. The molecular weight excluding hydrogens is 353 g/mol. The minimum atomic E-state index is -4.30. The van der Waals surface area contributed by atoms with Crippen molar-refractivity contribution >= 4 is 12.4 Å². The highest BCUT2D eigenvalue weighted by atomic mass is 35.5. The lowest BCUT2D eigenvalue weighted by molar-refractivity contribution is -0.137. The van der Waals surface area contributed by atoms with Crippen molar-refractivity contribution in [2.75, 3.05) is 13.1 Å². The van der Waals surface area contributed by atoms with Gasteiger partial charge in [0.25, 0.3) is 0 Å². The van der Waals surface area contributed by atoms with E-state index in [4.69, 9.17) is 5.73 Å². The number of likely N-dealkylation sites (tertiary alicyclic amines) is 1. The van der Waals surface area contributed by atoms with E-state index in [1.807, 2.05) is 6.20 Å². The van der Waals surface area contributed by atoms with Gasteiger partial charge in [-0.15, -0.1) is 12.4 Å². The first-order valence-corrected chi connectivity index (χ1v) is 7.96. The van der Waals surface area contributed by atoms with E-state index in [0.717, 1.165) is 42.9 Å². The smallest absolute Gasteiger partial charge is 0.326 e. The van der Waals surface area contributed by atoms with Gasteiger partial charge in [-0.1, -0.05) is 19.1 Å². The Balaban J connectivity index is 0.00000225. The third-order valence-corrected chi connectivity index (χ3v) is 4.46. The van der Waals surface area contributed by atoms with Crippen molar-refractivity contribution in [2.24, 2.45) is 11.7 Å². The summed E-state index contributed by atoms with van der Waals surface area (Å²) in [5, 5.41) is 4.30. The Morgan fingerprint density at radius 1 is 1.12 bits per heavy atom. The van der Waals surface area contributed by atoms with Gasteiger partial charge in [0.1, 0.15) is 0 Å². The number of aromatic nitrogens is 2. The van der Waals surface area contributed by atoms with Crippen LogP contribution in [-0.4, -0.2) is 33.8 Å². The van der Waals surface area contributed by atoms with Crippen molar-refractivity contribution in [2.45, 2.75) is 32.2 Å². The molecule has 138 valence electrons. The van der Waals surface area contributed by atoms with Crippen molar-refractivity contribution in [3.05, 3.63) is 53.3 Å². The fourth-order valence-corrected chi connectivity index (χ4v) is 3.04. The van der Waals surface area contributed by atoms with E-state index in [1.54, 1.807) is 10.9 Å². The minimum absolute atomic E-state index is 0. The Bertz CT molecular complexity index is 674. The fourth-order valence-electron chi connectivity index (χ4n) is 3.04. The quantitative estimate of drug-likeness (QED) is 0.894. The van der Waals surface area contributed by atoms with E-state index in [0.29, 0.717) is 12.5 Å². The van der Waals surface area contributed by atoms with Crippen LogP contribution in [0.25, 0.3) is 0 Å². The number of nitrogens with two attached hydrogens (primary N) is 1. The summed E-state index contributed by atoms with van der Waals surface area (Å²) in [6, 6.07) is 5.41. The summed E-state index contributed by atoms with van der Waals surface area (Å²) in [5.41, 5.74) is 7.27. The van der Waals surface area contributed by atoms with E-state index in [2.05, 4.69) is 16.9 Å². The molecule has 1 aromatic carbocycles. The molecule has 1 aromatic heterocycles. The number of hydrogen-bond acceptors (Lipinski definition) is 3. The number of hydrogen-bond donors (Lipinski definition) is 1. The minimum Gasteiger partial charge on any atom is -0.326 e. The molecule has 1 aliphatic heterocycles. The van der Waals surface area contributed by atoms with Crippen LogP contribution in [0, 0.1) is 5.92 Å². The highest BCUT2D eigenvalue weighted by Gasteiger charge is 2.30. The Kier molecular flexibility index (Phi) is 6.13. The largest absolute Gasteiger partial charge is 0.416 e. The van der Waals surface area contributed by atoms with Crippen LogP contribution in [0.3, 0.4) is 0 Å². The van der Waals surface area contributed by atoms with Crippen LogP contribution in [0.15, 0.2) is 36.7 Å². The van der Waals surface area contributed by atoms with Gasteiger partial charge in [-0.25, -0.2) is 0 Å². The van der Waals surface area contributed by atoms with E-state index < -0.39 is 11.7 Å². The third kappa shape index (κ3) is 4.96. The molecule has 2 heterocycles. The molecule has 25 heavy (non-hydrogen) atoms. The van der Waals surface area contributed by atoms with Crippen molar-refractivity contribution in [1.82, 2.24) is 14.7 Å². The van der Waals surface area contributed by atoms with Crippen molar-refractivity contribution in [1.29, 1.82) is 0 Å². The van der Waals surface area contributed by atoms with Gasteiger partial charge >= 0.3 is 6.18 Å². The van der Waals surface area contributed by atoms with Crippen LogP contribution in [0.4, 0.5) is 13.2 Å². The molecule has 0 aliphatic carbocycles. The second kappa shape index (κ2) is 7.76. The van der Waals surface area contributed by atoms with E-state index in [-0.39, 0.29) is 18.4 Å². The zero-order valence-corrected chi connectivity index (χ0v) is 14.7. The average molecular weight is 375 g/mol. The predicted molar refractivity (Wildman–Crippen MR) is 92.4 cm³/mol. The summed E-state index contributed by atoms with van der Waals surface area (Å²) in [4.78, 5) is 2.30. The van der Waals surface area contributed by atoms with Gasteiger partial charge in [0.05, 0.1) is 18.3 Å². The molecule has 3 rings (SSSR count). The Morgan fingerprint density at radius 2 is 1.80 bits per heavy atom. The van der Waals surface area contributed by atoms with Crippen LogP contribution in [0.5, 0.6) is 0 Å². The van der Waals surface area contributed by atoms with Crippen LogP contribution >= 0.6 is 12.4 Å². The van der Waals surface area contributed by atoms with Crippen molar-refractivity contribution in [3.63, 3.8) is 0 Å². The van der Waals surface area contributed by atoms with Gasteiger partial charge in [0.2, 0.25) is 0 Å². The number of alkyl halides is 3. The van der Waals surface area contributed by atoms with E-state index >= 15 is 0 Å². The molecule has 2 N–H and O–H groups in total. The zero-order chi connectivity index (χ0) is 17.3. The summed E-state index contributed by atoms with van der Waals surface area (Å²) >= 11 is 0. The lowest BCUT2D eigenvalue weighted by atomic mass is 10.1. The van der Waals surface area contributed by atoms with Crippen LogP contribution in [-0.2, 0) is 19.3 Å². The molecule has 1 fully saturated rings. The maximum Gasteiger partial charge on any atom is 0.416 e. The lowest BCUT2D eigenvalue weighted by Crippen LogP contribution is -2.28. The first-order valence-electron chi connectivity index (χ1n) is 7.96. The average Bonchev–Trinajstić information content (AvgIpc) is 3.06. The van der Waals surface area contributed by atoms with Crippen molar-refractivity contribution in [3.8, 4) is 0 Å². The highest BCUT2D eigenvalue weighted by molar-refractivity contribution is 5.85. The van der Waals surface area contributed by atoms with Crippen molar-refractivity contribution < 1.29 is 13.2 Å². The van der Waals surface area contributed by atoms with E-state index in [1.165, 1.54) is 12.1 Å². The predicted octanol–water partition coefficient (Wildman–Crippen LogP) is 3.15. The number of nitrogens with zero attached hydrogens (tertiary/aromatic N) is 3. The van der Waals surface area contributed by atoms with Gasteiger partial charge in [-0.05, 0) is 23.6 Å². The molecule has 2 unspecified atom stereocenters. The Labute approximate surface area is 151 Å². The number of benzene rings is 1. The van der Waals surface area contributed by atoms with Crippen LogP contribution in [0.1, 0.15) is 23.6 Å². The fraction of sp³-hybridized carbons (Fsp3) is 0.471. The zero-order valence-electron chi connectivity index (χ0n) is 13.9. The monoisotopic (exact) mass is 374 g/mol. The topological polar surface area (TPSA) is 47.1 Å². The Hall–Kier alpha value is -1.57. The molecule has 4 nitrogen and oxygen atoms in total. The third-order valence-electron chi connectivity index (χ3n) is 4.46. The molecule has 2 aromatic rings. The summed E-state index contributed by atoms with van der Waals surface area (Å²) < 4.78 is 39.4. The second-order valence-electron chi connectivity index (χ2n) is 6.58.